The van der Waals surface area contributed by atoms with E-state index >= 15 is 0 Å². The second kappa shape index (κ2) is 11.5. The van der Waals surface area contributed by atoms with Crippen LogP contribution in [0.3, 0.4) is 0 Å². The van der Waals surface area contributed by atoms with Gasteiger partial charge in [-0.1, -0.05) is 74.0 Å². The van der Waals surface area contributed by atoms with Gasteiger partial charge in [-0.05, 0) is 25.3 Å². The Bertz CT molecular complexity index is 622. The molecular weight excluding hydrogens is 312 g/mol. The summed E-state index contributed by atoms with van der Waals surface area (Å²) in [5.74, 6) is 0.246. The van der Waals surface area contributed by atoms with E-state index in [0.29, 0.717) is 13.2 Å². The van der Waals surface area contributed by atoms with Crippen molar-refractivity contribution in [2.45, 2.75) is 45.5 Å². The Balaban J connectivity index is 1.87. The predicted octanol–water partition coefficient (Wildman–Crippen LogP) is 5.76. The Kier molecular flexibility index (Phi) is 8.81. The van der Waals surface area contributed by atoms with Gasteiger partial charge in [0.25, 0.3) is 0 Å². The maximum Gasteiger partial charge on any atom is 0.184 e. The zero-order chi connectivity index (χ0) is 17.7. The third kappa shape index (κ3) is 7.12. The van der Waals surface area contributed by atoms with Crippen molar-refractivity contribution in [1.82, 2.24) is 0 Å². The minimum Gasteiger partial charge on any atom is -0.508 e. The van der Waals surface area contributed by atoms with Crippen molar-refractivity contribution >= 4 is 0 Å². The van der Waals surface area contributed by atoms with Gasteiger partial charge < -0.3 is 14.6 Å². The first-order chi connectivity index (χ1) is 12.3. The highest BCUT2D eigenvalue weighted by Crippen LogP contribution is 2.24. The Labute approximate surface area is 150 Å². The van der Waals surface area contributed by atoms with Gasteiger partial charge in [-0.3, -0.25) is 0 Å². The molecule has 1 atom stereocenters. The quantitative estimate of drug-likeness (QED) is 0.321. The van der Waals surface area contributed by atoms with Gasteiger partial charge in [0.05, 0.1) is 13.2 Å². The molecule has 0 aromatic heterocycles. The molecule has 0 aliphatic rings. The normalized spacial score (nSPS) is 12.5. The van der Waals surface area contributed by atoms with Crippen molar-refractivity contribution in [3.05, 3.63) is 77.9 Å². The van der Waals surface area contributed by atoms with E-state index in [1.807, 2.05) is 42.5 Å². The van der Waals surface area contributed by atoms with Gasteiger partial charge in [-0.25, -0.2) is 0 Å². The average molecular weight is 340 g/mol. The summed E-state index contributed by atoms with van der Waals surface area (Å²) in [6.07, 6.45) is 8.31. The van der Waals surface area contributed by atoms with Gasteiger partial charge in [0.1, 0.15) is 5.75 Å². The van der Waals surface area contributed by atoms with Crippen LogP contribution >= 0.6 is 0 Å². The molecule has 25 heavy (non-hydrogen) atoms. The monoisotopic (exact) mass is 340 g/mol. The number of unbranched alkanes of at least 4 members (excludes halogenated alkanes) is 2. The molecule has 2 aromatic rings. The first-order valence-corrected chi connectivity index (χ1v) is 9.01. The Hall–Kier alpha value is -2.10. The molecule has 3 nitrogen and oxygen atoms in total. The fraction of sp³-hybridized carbons (Fsp3) is 0.364. The number of aromatic hydroxyl groups is 1. The molecule has 0 spiro atoms. The lowest BCUT2D eigenvalue weighted by molar-refractivity contribution is -0.154. The van der Waals surface area contributed by atoms with Crippen molar-refractivity contribution in [3.63, 3.8) is 0 Å². The van der Waals surface area contributed by atoms with Crippen LogP contribution in [-0.2, 0) is 16.1 Å². The molecule has 0 aliphatic carbocycles. The van der Waals surface area contributed by atoms with E-state index in [9.17, 15) is 5.11 Å². The number of rotatable bonds is 11. The molecule has 2 aromatic carbocycles. The van der Waals surface area contributed by atoms with Crippen LogP contribution in [0.25, 0.3) is 0 Å². The Morgan fingerprint density at radius 3 is 2.40 bits per heavy atom. The van der Waals surface area contributed by atoms with Gasteiger partial charge in [-0.15, -0.1) is 0 Å². The van der Waals surface area contributed by atoms with Crippen LogP contribution in [0.15, 0.2) is 66.7 Å². The molecule has 1 N–H and O–H groups in total. The maximum atomic E-state index is 9.88. The van der Waals surface area contributed by atoms with Gasteiger partial charge in [-0.2, -0.15) is 0 Å². The lowest BCUT2D eigenvalue weighted by Gasteiger charge is -2.19. The number of benzene rings is 2. The minimum absolute atomic E-state index is 0.246. The average Bonchev–Trinajstić information content (AvgIpc) is 2.65. The molecule has 0 fully saturated rings. The molecule has 0 saturated carbocycles. The number of allylic oxidation sites excluding steroid dienone is 2. The van der Waals surface area contributed by atoms with E-state index in [4.69, 9.17) is 9.47 Å². The molecule has 1 unspecified atom stereocenters. The van der Waals surface area contributed by atoms with Crippen molar-refractivity contribution in [2.24, 2.45) is 0 Å². The topological polar surface area (TPSA) is 38.7 Å². The highest BCUT2D eigenvalue weighted by Gasteiger charge is 2.13. The van der Waals surface area contributed by atoms with Gasteiger partial charge in [0.15, 0.2) is 6.29 Å². The molecule has 0 amide bonds. The van der Waals surface area contributed by atoms with Crippen LogP contribution in [0, 0.1) is 0 Å². The summed E-state index contributed by atoms with van der Waals surface area (Å²) in [6.45, 7) is 3.12. The van der Waals surface area contributed by atoms with E-state index in [1.165, 1.54) is 6.42 Å². The van der Waals surface area contributed by atoms with Crippen LogP contribution in [0.2, 0.25) is 0 Å². The fourth-order valence-electron chi connectivity index (χ4n) is 2.44. The fourth-order valence-corrected chi connectivity index (χ4v) is 2.44. The van der Waals surface area contributed by atoms with Crippen molar-refractivity contribution in [3.8, 4) is 5.75 Å². The molecule has 0 heterocycles. The second-order valence-corrected chi connectivity index (χ2v) is 5.96. The van der Waals surface area contributed by atoms with Gasteiger partial charge >= 0.3 is 0 Å². The SMILES string of the molecule is CCCC=CCCCOC(OCc1ccccc1O)c1ccccc1. The highest BCUT2D eigenvalue weighted by atomic mass is 16.7. The summed E-state index contributed by atoms with van der Waals surface area (Å²) in [4.78, 5) is 0. The number of para-hydroxylation sites is 1. The minimum atomic E-state index is -0.430. The van der Waals surface area contributed by atoms with E-state index in [1.54, 1.807) is 12.1 Å². The molecular formula is C22H28O3. The molecule has 3 heteroatoms. The van der Waals surface area contributed by atoms with Crippen LogP contribution < -0.4 is 0 Å². The summed E-state index contributed by atoms with van der Waals surface area (Å²) in [6, 6.07) is 17.1. The smallest absolute Gasteiger partial charge is 0.184 e. The first-order valence-electron chi connectivity index (χ1n) is 9.01. The number of phenols is 1. The summed E-state index contributed by atoms with van der Waals surface area (Å²) in [7, 11) is 0. The Morgan fingerprint density at radius 2 is 1.64 bits per heavy atom. The Morgan fingerprint density at radius 1 is 0.920 bits per heavy atom. The molecule has 0 radical (unpaired) electrons. The molecule has 2 rings (SSSR count). The molecule has 0 bridgehead atoms. The van der Waals surface area contributed by atoms with E-state index in [2.05, 4.69) is 19.1 Å². The lowest BCUT2D eigenvalue weighted by Crippen LogP contribution is -2.10. The first kappa shape index (κ1) is 19.2. The summed E-state index contributed by atoms with van der Waals surface area (Å²) in [5.41, 5.74) is 1.74. The zero-order valence-corrected chi connectivity index (χ0v) is 14.9. The van der Waals surface area contributed by atoms with Crippen LogP contribution in [0.1, 0.15) is 50.0 Å². The van der Waals surface area contributed by atoms with Crippen molar-refractivity contribution < 1.29 is 14.6 Å². The molecule has 0 saturated heterocycles. The number of ether oxygens (including phenoxy) is 2. The van der Waals surface area contributed by atoms with Gasteiger partial charge in [0.2, 0.25) is 0 Å². The zero-order valence-electron chi connectivity index (χ0n) is 14.9. The van der Waals surface area contributed by atoms with Crippen LogP contribution in [0.5, 0.6) is 5.75 Å². The van der Waals surface area contributed by atoms with E-state index in [-0.39, 0.29) is 5.75 Å². The third-order valence-electron chi connectivity index (χ3n) is 3.86. The van der Waals surface area contributed by atoms with E-state index < -0.39 is 6.29 Å². The molecule has 134 valence electrons. The number of phenolic OH excluding ortho intramolecular Hbond substituents is 1. The predicted molar refractivity (Wildman–Crippen MR) is 101 cm³/mol. The van der Waals surface area contributed by atoms with Gasteiger partial charge in [0, 0.05) is 11.1 Å². The summed E-state index contributed by atoms with van der Waals surface area (Å²) in [5, 5.41) is 9.88. The highest BCUT2D eigenvalue weighted by molar-refractivity contribution is 5.31. The standard InChI is InChI=1S/C22H28O3/c1-2-3-4-5-6-12-17-24-22(19-13-8-7-9-14-19)25-18-20-15-10-11-16-21(20)23/h4-5,7-11,13-16,22-23H,2-3,6,12,17-18H2,1H3. The third-order valence-corrected chi connectivity index (χ3v) is 3.86. The van der Waals surface area contributed by atoms with Crippen LogP contribution in [0.4, 0.5) is 0 Å². The van der Waals surface area contributed by atoms with E-state index in [0.717, 1.165) is 30.4 Å². The summed E-state index contributed by atoms with van der Waals surface area (Å²) >= 11 is 0. The van der Waals surface area contributed by atoms with Crippen molar-refractivity contribution in [1.29, 1.82) is 0 Å². The number of hydrogen-bond acceptors (Lipinski definition) is 3. The summed E-state index contributed by atoms with van der Waals surface area (Å²) < 4.78 is 11.9. The maximum absolute atomic E-state index is 9.88. The van der Waals surface area contributed by atoms with Crippen molar-refractivity contribution in [2.75, 3.05) is 6.61 Å². The molecule has 0 aliphatic heterocycles. The largest absolute Gasteiger partial charge is 0.508 e. The lowest BCUT2D eigenvalue weighted by atomic mass is 10.2. The van der Waals surface area contributed by atoms with Crippen LogP contribution in [-0.4, -0.2) is 11.7 Å². The number of hydrogen-bond donors (Lipinski definition) is 1. The second-order valence-electron chi connectivity index (χ2n) is 5.96.